The molecule has 0 fully saturated rings. The largest absolute Gasteiger partial charge is 0.309 e. The lowest BCUT2D eigenvalue weighted by molar-refractivity contribution is 1.16. The predicted molar refractivity (Wildman–Crippen MR) is 258 cm³/mol. The average molecular weight is 791 g/mol. The lowest BCUT2D eigenvalue weighted by Gasteiger charge is -2.13. The molecule has 12 rings (SSSR count). The Balaban J connectivity index is 1.02. The minimum Gasteiger partial charge on any atom is -0.309 e. The van der Waals surface area contributed by atoms with Crippen molar-refractivity contribution in [2.45, 2.75) is 0 Å². The third-order valence-electron chi connectivity index (χ3n) is 12.1. The molecule has 0 saturated carbocycles. The highest BCUT2D eigenvalue weighted by Gasteiger charge is 2.19. The van der Waals surface area contributed by atoms with Crippen molar-refractivity contribution in [2.75, 3.05) is 0 Å². The zero-order valence-electron chi connectivity index (χ0n) is 33.7. The van der Waals surface area contributed by atoms with Gasteiger partial charge in [0.15, 0.2) is 5.82 Å². The van der Waals surface area contributed by atoms with Crippen LogP contribution in [-0.2, 0) is 0 Å². The number of hydrogen-bond donors (Lipinski definition) is 0. The zero-order valence-corrected chi connectivity index (χ0v) is 33.7. The van der Waals surface area contributed by atoms with Gasteiger partial charge in [-0.25, -0.2) is 9.97 Å². The fraction of sp³-hybridized carbons (Fsp3) is 0. The first-order chi connectivity index (χ1) is 30.7. The fourth-order valence-corrected chi connectivity index (χ4v) is 9.17. The highest BCUT2D eigenvalue weighted by Crippen LogP contribution is 2.40. The zero-order chi connectivity index (χ0) is 41.0. The van der Waals surface area contributed by atoms with Gasteiger partial charge in [0.05, 0.1) is 33.5 Å². The van der Waals surface area contributed by atoms with E-state index in [2.05, 4.69) is 234 Å². The Bertz CT molecular complexity index is 3500. The molecule has 4 nitrogen and oxygen atoms in total. The molecule has 12 aromatic rings. The van der Waals surface area contributed by atoms with Crippen LogP contribution in [0.4, 0.5) is 0 Å². The molecular weight excluding hydrogens is 753 g/mol. The fourth-order valence-electron chi connectivity index (χ4n) is 9.17. The van der Waals surface area contributed by atoms with Crippen molar-refractivity contribution in [3.8, 4) is 67.5 Å². The van der Waals surface area contributed by atoms with Crippen LogP contribution in [0.3, 0.4) is 0 Å². The van der Waals surface area contributed by atoms with E-state index in [0.29, 0.717) is 5.82 Å². The molecule has 62 heavy (non-hydrogen) atoms. The van der Waals surface area contributed by atoms with Gasteiger partial charge in [-0.15, -0.1) is 0 Å². The van der Waals surface area contributed by atoms with Crippen molar-refractivity contribution in [1.29, 1.82) is 0 Å². The summed E-state index contributed by atoms with van der Waals surface area (Å²) in [6.45, 7) is 0. The molecule has 0 spiro atoms. The second-order valence-corrected chi connectivity index (χ2v) is 15.8. The van der Waals surface area contributed by atoms with Crippen LogP contribution in [0.1, 0.15) is 0 Å². The number of nitrogens with zero attached hydrogens (tertiary/aromatic N) is 4. The summed E-state index contributed by atoms with van der Waals surface area (Å²) in [5.74, 6) is 0.685. The number of para-hydroxylation sites is 3. The van der Waals surface area contributed by atoms with Crippen LogP contribution in [0.2, 0.25) is 0 Å². The highest BCUT2D eigenvalue weighted by molar-refractivity contribution is 6.19. The Morgan fingerprint density at radius 1 is 0.242 bits per heavy atom. The highest BCUT2D eigenvalue weighted by atomic mass is 15.0. The molecule has 9 aromatic carbocycles. The number of benzene rings is 9. The van der Waals surface area contributed by atoms with Crippen LogP contribution in [-0.4, -0.2) is 19.1 Å². The first-order valence-corrected chi connectivity index (χ1v) is 21.1. The molecule has 0 aliphatic heterocycles. The van der Waals surface area contributed by atoms with E-state index < -0.39 is 0 Å². The topological polar surface area (TPSA) is 35.6 Å². The minimum atomic E-state index is 0.685. The molecule has 0 unspecified atom stereocenters. The molecule has 0 aliphatic carbocycles. The number of hydrogen-bond acceptors (Lipinski definition) is 2. The lowest BCUT2D eigenvalue weighted by Crippen LogP contribution is -1.98. The maximum Gasteiger partial charge on any atom is 0.160 e. The SMILES string of the molecule is c1ccc(-c2cccc(-c3cc(-c4ccc(-n5c6ccccc6c6cc7c8ccccc8n(-c8ccccc8)c7cc65)cc4)nc(-c4cccc(-c5ccccc5)c4)n3)c2)cc1. The van der Waals surface area contributed by atoms with E-state index in [9.17, 15) is 0 Å². The molecule has 0 N–H and O–H groups in total. The summed E-state index contributed by atoms with van der Waals surface area (Å²) in [6, 6.07) is 82.1. The number of fused-ring (bicyclic) bond motifs is 6. The molecular formula is C58H38N4. The predicted octanol–water partition coefficient (Wildman–Crippen LogP) is 15.0. The van der Waals surface area contributed by atoms with Crippen molar-refractivity contribution in [3.63, 3.8) is 0 Å². The smallest absolute Gasteiger partial charge is 0.160 e. The van der Waals surface area contributed by atoms with E-state index in [-0.39, 0.29) is 0 Å². The quantitative estimate of drug-likeness (QED) is 0.161. The summed E-state index contributed by atoms with van der Waals surface area (Å²) >= 11 is 0. The summed E-state index contributed by atoms with van der Waals surface area (Å²) in [5, 5.41) is 4.95. The normalized spacial score (nSPS) is 11.5. The van der Waals surface area contributed by atoms with Gasteiger partial charge in [-0.05, 0) is 89.0 Å². The third kappa shape index (κ3) is 6.08. The maximum atomic E-state index is 5.28. The van der Waals surface area contributed by atoms with Crippen LogP contribution < -0.4 is 0 Å². The summed E-state index contributed by atoms with van der Waals surface area (Å²) in [4.78, 5) is 10.5. The van der Waals surface area contributed by atoms with E-state index in [1.165, 1.54) is 43.7 Å². The van der Waals surface area contributed by atoms with Crippen molar-refractivity contribution < 1.29 is 0 Å². The van der Waals surface area contributed by atoms with E-state index >= 15 is 0 Å². The van der Waals surface area contributed by atoms with Gasteiger partial charge in [-0.2, -0.15) is 0 Å². The van der Waals surface area contributed by atoms with Crippen LogP contribution in [0.5, 0.6) is 0 Å². The molecule has 0 radical (unpaired) electrons. The summed E-state index contributed by atoms with van der Waals surface area (Å²) in [7, 11) is 0. The van der Waals surface area contributed by atoms with Gasteiger partial charge in [-0.3, -0.25) is 0 Å². The minimum absolute atomic E-state index is 0.685. The van der Waals surface area contributed by atoms with Gasteiger partial charge >= 0.3 is 0 Å². The average Bonchev–Trinajstić information content (AvgIpc) is 3.86. The third-order valence-corrected chi connectivity index (χ3v) is 12.1. The van der Waals surface area contributed by atoms with Crippen LogP contribution >= 0.6 is 0 Å². The van der Waals surface area contributed by atoms with Gasteiger partial charge in [0.2, 0.25) is 0 Å². The van der Waals surface area contributed by atoms with Crippen molar-refractivity contribution in [3.05, 3.63) is 231 Å². The van der Waals surface area contributed by atoms with Crippen LogP contribution in [0.25, 0.3) is 111 Å². The molecule has 0 bridgehead atoms. The van der Waals surface area contributed by atoms with Crippen molar-refractivity contribution in [2.24, 2.45) is 0 Å². The van der Waals surface area contributed by atoms with Crippen molar-refractivity contribution in [1.82, 2.24) is 19.1 Å². The van der Waals surface area contributed by atoms with E-state index in [1.807, 2.05) is 6.07 Å². The van der Waals surface area contributed by atoms with Gasteiger partial charge in [0.1, 0.15) is 0 Å². The molecule has 0 amide bonds. The first kappa shape index (κ1) is 35.6. The van der Waals surface area contributed by atoms with E-state index in [4.69, 9.17) is 9.97 Å². The molecule has 0 saturated heterocycles. The molecule has 0 aliphatic rings. The van der Waals surface area contributed by atoms with E-state index in [0.717, 1.165) is 61.7 Å². The summed E-state index contributed by atoms with van der Waals surface area (Å²) in [6.07, 6.45) is 0. The van der Waals surface area contributed by atoms with Gasteiger partial charge in [0, 0.05) is 49.6 Å². The van der Waals surface area contributed by atoms with Crippen LogP contribution in [0, 0.1) is 0 Å². The Morgan fingerprint density at radius 2 is 0.677 bits per heavy atom. The molecule has 4 heteroatoms. The summed E-state index contributed by atoms with van der Waals surface area (Å²) in [5.41, 5.74) is 16.3. The van der Waals surface area contributed by atoms with Gasteiger partial charge in [0.25, 0.3) is 0 Å². The number of rotatable bonds is 7. The van der Waals surface area contributed by atoms with Crippen LogP contribution in [0.15, 0.2) is 231 Å². The maximum absolute atomic E-state index is 5.28. The Kier molecular flexibility index (Phi) is 8.46. The monoisotopic (exact) mass is 790 g/mol. The Hall–Kier alpha value is -8.34. The Labute approximate surface area is 359 Å². The molecule has 3 aromatic heterocycles. The van der Waals surface area contributed by atoms with E-state index in [1.54, 1.807) is 0 Å². The first-order valence-electron chi connectivity index (χ1n) is 21.1. The second-order valence-electron chi connectivity index (χ2n) is 15.8. The van der Waals surface area contributed by atoms with Crippen molar-refractivity contribution >= 4 is 43.6 Å². The lowest BCUT2D eigenvalue weighted by atomic mass is 10.00. The van der Waals surface area contributed by atoms with Gasteiger partial charge < -0.3 is 9.13 Å². The summed E-state index contributed by atoms with van der Waals surface area (Å²) < 4.78 is 4.80. The second kappa shape index (κ2) is 14.7. The molecule has 0 atom stereocenters. The molecule has 3 heterocycles. The number of aromatic nitrogens is 4. The Morgan fingerprint density at radius 3 is 1.26 bits per heavy atom. The standard InChI is InChI=1S/C58H38N4/c1-4-16-39(17-5-1)42-20-14-22-44(34-42)53-37-52(59-58(60-53)45-23-15-21-43(35-45)40-18-6-2-7-19-40)41-30-32-47(33-31-41)62-55-29-13-11-27-49(55)51-36-50-48-26-10-12-28-54(48)61(56(50)38-57(51)62)46-24-8-3-9-25-46/h1-38H. The molecule has 290 valence electrons. The van der Waals surface area contributed by atoms with Gasteiger partial charge in [-0.1, -0.05) is 164 Å².